The first-order chi connectivity index (χ1) is 9.69. The minimum atomic E-state index is 0.0947. The summed E-state index contributed by atoms with van der Waals surface area (Å²) >= 11 is 0. The highest BCUT2D eigenvalue weighted by Gasteiger charge is 2.08. The number of aliphatic hydroxyl groups excluding tert-OH is 1. The first-order valence-electron chi connectivity index (χ1n) is 7.13. The Morgan fingerprint density at radius 1 is 1.05 bits per heavy atom. The van der Waals surface area contributed by atoms with Crippen molar-refractivity contribution < 1.29 is 5.11 Å². The van der Waals surface area contributed by atoms with Crippen LogP contribution in [-0.2, 0) is 13.0 Å². The van der Waals surface area contributed by atoms with E-state index < -0.39 is 0 Å². The van der Waals surface area contributed by atoms with E-state index in [1.54, 1.807) is 0 Å². The fourth-order valence-electron chi connectivity index (χ4n) is 2.34. The van der Waals surface area contributed by atoms with Gasteiger partial charge >= 0.3 is 0 Å². The SMILES string of the molecule is Cc1ccc(C)c(CN[C@@H](CO)Cc2ccccc2)c1. The summed E-state index contributed by atoms with van der Waals surface area (Å²) in [5, 5.41) is 13.0. The van der Waals surface area contributed by atoms with Gasteiger partial charge in [0.05, 0.1) is 6.61 Å². The molecule has 2 rings (SSSR count). The molecule has 0 aliphatic rings. The highest BCUT2D eigenvalue weighted by Crippen LogP contribution is 2.11. The Morgan fingerprint density at radius 3 is 2.50 bits per heavy atom. The molecule has 2 N–H and O–H groups in total. The van der Waals surface area contributed by atoms with Crippen molar-refractivity contribution in [1.29, 1.82) is 0 Å². The van der Waals surface area contributed by atoms with Gasteiger partial charge in [-0.2, -0.15) is 0 Å². The van der Waals surface area contributed by atoms with Crippen molar-refractivity contribution in [1.82, 2.24) is 5.32 Å². The van der Waals surface area contributed by atoms with Gasteiger partial charge in [-0.25, -0.2) is 0 Å². The van der Waals surface area contributed by atoms with Crippen molar-refractivity contribution in [2.24, 2.45) is 0 Å². The van der Waals surface area contributed by atoms with Gasteiger partial charge in [0.1, 0.15) is 0 Å². The van der Waals surface area contributed by atoms with E-state index in [1.807, 2.05) is 18.2 Å². The van der Waals surface area contributed by atoms with Gasteiger partial charge in [0, 0.05) is 12.6 Å². The van der Waals surface area contributed by atoms with Gasteiger partial charge in [-0.05, 0) is 37.0 Å². The normalized spacial score (nSPS) is 12.3. The van der Waals surface area contributed by atoms with Crippen molar-refractivity contribution in [2.75, 3.05) is 6.61 Å². The number of aryl methyl sites for hydroxylation is 2. The monoisotopic (exact) mass is 269 g/mol. The Labute approximate surface area is 121 Å². The molecule has 0 saturated carbocycles. The molecule has 0 aliphatic heterocycles. The highest BCUT2D eigenvalue weighted by atomic mass is 16.3. The van der Waals surface area contributed by atoms with Crippen LogP contribution in [0.15, 0.2) is 48.5 Å². The van der Waals surface area contributed by atoms with Crippen molar-refractivity contribution in [3.05, 3.63) is 70.8 Å². The number of benzene rings is 2. The third-order valence-electron chi connectivity index (χ3n) is 3.63. The summed E-state index contributed by atoms with van der Waals surface area (Å²) in [4.78, 5) is 0. The van der Waals surface area contributed by atoms with Crippen molar-refractivity contribution >= 4 is 0 Å². The molecular weight excluding hydrogens is 246 g/mol. The van der Waals surface area contributed by atoms with E-state index >= 15 is 0 Å². The molecule has 2 heteroatoms. The van der Waals surface area contributed by atoms with E-state index in [2.05, 4.69) is 49.5 Å². The zero-order valence-electron chi connectivity index (χ0n) is 12.3. The molecule has 106 valence electrons. The van der Waals surface area contributed by atoms with Crippen molar-refractivity contribution in [2.45, 2.75) is 32.9 Å². The van der Waals surface area contributed by atoms with Crippen LogP contribution in [0.4, 0.5) is 0 Å². The highest BCUT2D eigenvalue weighted by molar-refractivity contribution is 5.30. The predicted molar refractivity (Wildman–Crippen MR) is 83.8 cm³/mol. The summed E-state index contributed by atoms with van der Waals surface area (Å²) < 4.78 is 0. The lowest BCUT2D eigenvalue weighted by molar-refractivity contribution is 0.240. The van der Waals surface area contributed by atoms with Crippen LogP contribution < -0.4 is 5.32 Å². The van der Waals surface area contributed by atoms with Crippen molar-refractivity contribution in [3.63, 3.8) is 0 Å². The third-order valence-corrected chi connectivity index (χ3v) is 3.63. The lowest BCUT2D eigenvalue weighted by Gasteiger charge is -2.17. The van der Waals surface area contributed by atoms with E-state index in [-0.39, 0.29) is 12.6 Å². The second-order valence-corrected chi connectivity index (χ2v) is 5.38. The summed E-state index contributed by atoms with van der Waals surface area (Å²) in [6.07, 6.45) is 0.849. The molecule has 2 nitrogen and oxygen atoms in total. The molecule has 2 aromatic carbocycles. The first kappa shape index (κ1) is 14.8. The third kappa shape index (κ3) is 4.19. The molecule has 0 heterocycles. The Balaban J connectivity index is 1.95. The summed E-state index contributed by atoms with van der Waals surface area (Å²) in [5.74, 6) is 0. The van der Waals surface area contributed by atoms with Gasteiger partial charge in [-0.1, -0.05) is 54.1 Å². The number of hydrogen-bond acceptors (Lipinski definition) is 2. The van der Waals surface area contributed by atoms with Crippen LogP contribution in [0.5, 0.6) is 0 Å². The quantitative estimate of drug-likeness (QED) is 0.845. The number of rotatable bonds is 6. The van der Waals surface area contributed by atoms with E-state index in [1.165, 1.54) is 22.3 Å². The van der Waals surface area contributed by atoms with Crippen LogP contribution in [0.2, 0.25) is 0 Å². The molecule has 0 amide bonds. The van der Waals surface area contributed by atoms with Crippen molar-refractivity contribution in [3.8, 4) is 0 Å². The summed E-state index contributed by atoms with van der Waals surface area (Å²) in [7, 11) is 0. The number of hydrogen-bond donors (Lipinski definition) is 2. The van der Waals surface area contributed by atoms with Crippen LogP contribution in [0.3, 0.4) is 0 Å². The van der Waals surface area contributed by atoms with Gasteiger partial charge in [0.2, 0.25) is 0 Å². The van der Waals surface area contributed by atoms with Gasteiger partial charge in [0.25, 0.3) is 0 Å². The van der Waals surface area contributed by atoms with Crippen LogP contribution in [-0.4, -0.2) is 17.8 Å². The molecule has 1 atom stereocenters. The molecule has 0 radical (unpaired) electrons. The second kappa shape index (κ2) is 7.22. The Hall–Kier alpha value is -1.64. The molecule has 0 spiro atoms. The van der Waals surface area contributed by atoms with Crippen LogP contribution in [0.25, 0.3) is 0 Å². The molecule has 0 aliphatic carbocycles. The van der Waals surface area contributed by atoms with Gasteiger partial charge in [0.15, 0.2) is 0 Å². The van der Waals surface area contributed by atoms with Gasteiger partial charge < -0.3 is 10.4 Å². The van der Waals surface area contributed by atoms with E-state index in [9.17, 15) is 5.11 Å². The average molecular weight is 269 g/mol. The Morgan fingerprint density at radius 2 is 1.80 bits per heavy atom. The minimum Gasteiger partial charge on any atom is -0.395 e. The Kier molecular flexibility index (Phi) is 5.33. The van der Waals surface area contributed by atoms with Crippen LogP contribution in [0, 0.1) is 13.8 Å². The van der Waals surface area contributed by atoms with E-state index in [0.717, 1.165) is 13.0 Å². The lowest BCUT2D eigenvalue weighted by atomic mass is 10.0. The zero-order chi connectivity index (χ0) is 14.4. The molecule has 0 unspecified atom stereocenters. The van der Waals surface area contributed by atoms with Crippen LogP contribution >= 0.6 is 0 Å². The van der Waals surface area contributed by atoms with E-state index in [4.69, 9.17) is 0 Å². The maximum Gasteiger partial charge on any atom is 0.0587 e. The average Bonchev–Trinajstić information content (AvgIpc) is 2.47. The molecular formula is C18H23NO. The largest absolute Gasteiger partial charge is 0.395 e. The maximum atomic E-state index is 9.53. The summed E-state index contributed by atoms with van der Waals surface area (Å²) in [5.41, 5.74) is 5.12. The zero-order valence-corrected chi connectivity index (χ0v) is 12.3. The molecule has 0 fully saturated rings. The molecule has 0 aromatic heterocycles. The lowest BCUT2D eigenvalue weighted by Crippen LogP contribution is -2.34. The fourth-order valence-corrected chi connectivity index (χ4v) is 2.34. The minimum absolute atomic E-state index is 0.0947. The summed E-state index contributed by atoms with van der Waals surface area (Å²) in [6, 6.07) is 16.9. The predicted octanol–water partition coefficient (Wildman–Crippen LogP) is 3.00. The van der Waals surface area contributed by atoms with Crippen LogP contribution in [0.1, 0.15) is 22.3 Å². The van der Waals surface area contributed by atoms with Gasteiger partial charge in [-0.15, -0.1) is 0 Å². The summed E-state index contributed by atoms with van der Waals surface area (Å²) in [6.45, 7) is 5.18. The number of nitrogens with one attached hydrogen (secondary N) is 1. The first-order valence-corrected chi connectivity index (χ1v) is 7.13. The second-order valence-electron chi connectivity index (χ2n) is 5.38. The fraction of sp³-hybridized carbons (Fsp3) is 0.333. The topological polar surface area (TPSA) is 32.3 Å². The molecule has 0 saturated heterocycles. The number of aliphatic hydroxyl groups is 1. The van der Waals surface area contributed by atoms with Gasteiger partial charge in [-0.3, -0.25) is 0 Å². The molecule has 20 heavy (non-hydrogen) atoms. The smallest absolute Gasteiger partial charge is 0.0587 e. The maximum absolute atomic E-state index is 9.53. The molecule has 2 aromatic rings. The van der Waals surface area contributed by atoms with E-state index in [0.29, 0.717) is 0 Å². The Bertz CT molecular complexity index is 536. The standard InChI is InChI=1S/C18H23NO/c1-14-8-9-15(2)17(10-14)12-19-18(13-20)11-16-6-4-3-5-7-16/h3-10,18-20H,11-13H2,1-2H3/t18-/m1/s1. The molecule has 0 bridgehead atoms.